The van der Waals surface area contributed by atoms with Gasteiger partial charge in [-0.15, -0.1) is 0 Å². The number of carboxylic acid groups (broad SMARTS) is 2. The Morgan fingerprint density at radius 2 is 0.857 bits per heavy atom. The van der Waals surface area contributed by atoms with Crippen molar-refractivity contribution < 1.29 is 39.6 Å². The third-order valence-corrected chi connectivity index (χ3v) is 4.14. The van der Waals surface area contributed by atoms with Crippen molar-refractivity contribution in [3.63, 3.8) is 0 Å². The molecular formula is C16H30N4O8. The minimum absolute atomic E-state index is 0.269. The smallest absolute Gasteiger partial charge is 0.335 e. The van der Waals surface area contributed by atoms with Crippen LogP contribution in [0.15, 0.2) is 0 Å². The molecule has 0 aromatic carbocycles. The number of urea groups is 2. The predicted octanol–water partition coefficient (Wildman–Crippen LogP) is -1.02. The first-order chi connectivity index (χ1) is 13.1. The van der Waals surface area contributed by atoms with Crippen LogP contribution in [0.3, 0.4) is 0 Å². The van der Waals surface area contributed by atoms with Crippen LogP contribution >= 0.6 is 0 Å². The Kier molecular flexibility index (Phi) is 12.3. The van der Waals surface area contributed by atoms with Gasteiger partial charge in [0, 0.05) is 26.2 Å². The fourth-order valence-corrected chi connectivity index (χ4v) is 2.50. The highest BCUT2D eigenvalue weighted by Gasteiger charge is 2.29. The number of carboxylic acids is 2. The highest BCUT2D eigenvalue weighted by atomic mass is 16.4. The molecular weight excluding hydrogens is 376 g/mol. The monoisotopic (exact) mass is 406 g/mol. The number of amides is 4. The highest BCUT2D eigenvalue weighted by molar-refractivity contribution is 5.83. The van der Waals surface area contributed by atoms with Crippen LogP contribution in [0.2, 0.25) is 0 Å². The normalized spacial score (nSPS) is 18.4. The lowest BCUT2D eigenvalue weighted by molar-refractivity contribution is -0.165. The number of aliphatic hydroxyl groups is 2. The van der Waals surface area contributed by atoms with E-state index in [1.807, 2.05) is 0 Å². The van der Waals surface area contributed by atoms with Crippen LogP contribution in [0, 0.1) is 0 Å². The van der Waals surface area contributed by atoms with Crippen molar-refractivity contribution in [1.82, 2.24) is 9.80 Å². The number of likely N-dealkylation sites (tertiary alicyclic amines) is 2. The molecule has 12 heteroatoms. The van der Waals surface area contributed by atoms with Crippen LogP contribution in [0.25, 0.3) is 0 Å². The minimum atomic E-state index is -2.27. The molecule has 0 spiro atoms. The number of rotatable bonds is 3. The molecule has 2 aliphatic heterocycles. The Hall–Kier alpha value is -2.60. The summed E-state index contributed by atoms with van der Waals surface area (Å²) in [4.78, 5) is 43.9. The quantitative estimate of drug-likeness (QED) is 0.341. The first-order valence-corrected chi connectivity index (χ1v) is 8.98. The van der Waals surface area contributed by atoms with Crippen LogP contribution < -0.4 is 11.5 Å². The van der Waals surface area contributed by atoms with Gasteiger partial charge in [0.25, 0.3) is 0 Å². The van der Waals surface area contributed by atoms with E-state index < -0.39 is 24.1 Å². The van der Waals surface area contributed by atoms with Gasteiger partial charge in [0.2, 0.25) is 0 Å². The van der Waals surface area contributed by atoms with Crippen LogP contribution in [0.5, 0.6) is 0 Å². The molecule has 4 amide bonds. The van der Waals surface area contributed by atoms with Gasteiger partial charge in [0.05, 0.1) is 0 Å². The molecule has 28 heavy (non-hydrogen) atoms. The SMILES string of the molecule is NC(=O)N1CCCCC1.NC(=O)N1CCCCC1.O=C(O)C(O)C(O)C(=O)O. The maximum atomic E-state index is 10.5. The third-order valence-electron chi connectivity index (χ3n) is 4.14. The number of hydrogen-bond acceptors (Lipinski definition) is 6. The van der Waals surface area contributed by atoms with Gasteiger partial charge in [0.15, 0.2) is 12.2 Å². The summed E-state index contributed by atoms with van der Waals surface area (Å²) in [6.07, 6.45) is 2.40. The summed E-state index contributed by atoms with van der Waals surface area (Å²) in [6.45, 7) is 3.43. The molecule has 8 N–H and O–H groups in total. The lowest BCUT2D eigenvalue weighted by atomic mass is 10.1. The van der Waals surface area contributed by atoms with Crippen molar-refractivity contribution in [3.8, 4) is 0 Å². The Morgan fingerprint density at radius 1 is 0.607 bits per heavy atom. The number of nitrogens with two attached hydrogens (primary N) is 2. The summed E-state index contributed by atoms with van der Waals surface area (Å²) in [6, 6.07) is -0.538. The maximum Gasteiger partial charge on any atom is 0.335 e. The number of primary amides is 2. The first kappa shape index (κ1) is 25.4. The Labute approximate surface area is 162 Å². The molecule has 2 atom stereocenters. The molecule has 12 nitrogen and oxygen atoms in total. The van der Waals surface area contributed by atoms with Crippen LogP contribution in [0.4, 0.5) is 9.59 Å². The largest absolute Gasteiger partial charge is 0.479 e. The number of piperidine rings is 2. The summed E-state index contributed by atoms with van der Waals surface area (Å²) in [5.41, 5.74) is 10.1. The third kappa shape index (κ3) is 10.5. The van der Waals surface area contributed by atoms with Crippen molar-refractivity contribution in [2.45, 2.75) is 50.7 Å². The second-order valence-electron chi connectivity index (χ2n) is 6.34. The summed E-state index contributed by atoms with van der Waals surface area (Å²) >= 11 is 0. The molecule has 2 rings (SSSR count). The van der Waals surface area contributed by atoms with Crippen molar-refractivity contribution in [2.75, 3.05) is 26.2 Å². The lowest BCUT2D eigenvalue weighted by Gasteiger charge is -2.24. The van der Waals surface area contributed by atoms with Crippen LogP contribution in [-0.2, 0) is 9.59 Å². The zero-order valence-corrected chi connectivity index (χ0v) is 15.7. The highest BCUT2D eigenvalue weighted by Crippen LogP contribution is 2.07. The molecule has 0 aromatic heterocycles. The summed E-state index contributed by atoms with van der Waals surface area (Å²) in [7, 11) is 0. The molecule has 0 bridgehead atoms. The van der Waals surface area contributed by atoms with Crippen molar-refractivity contribution in [2.24, 2.45) is 11.5 Å². The minimum Gasteiger partial charge on any atom is -0.479 e. The molecule has 0 aliphatic carbocycles. The second kappa shape index (κ2) is 13.6. The van der Waals surface area contributed by atoms with E-state index in [-0.39, 0.29) is 12.1 Å². The molecule has 2 saturated heterocycles. The van der Waals surface area contributed by atoms with Gasteiger partial charge < -0.3 is 41.7 Å². The molecule has 0 radical (unpaired) electrons. The molecule has 2 heterocycles. The van der Waals surface area contributed by atoms with Gasteiger partial charge in [-0.05, 0) is 38.5 Å². The standard InChI is InChI=1S/2C6H12N2O.C4H6O6/c2*7-6(9)8-4-2-1-3-5-8;5-1(3(7)8)2(6)4(9)10/h2*1-5H2,(H2,7,9);1-2,5-6H,(H,7,8)(H,9,10). The van der Waals surface area contributed by atoms with Gasteiger partial charge in [-0.3, -0.25) is 0 Å². The zero-order chi connectivity index (χ0) is 21.7. The summed E-state index contributed by atoms with van der Waals surface area (Å²) in [5.74, 6) is -3.54. The molecule has 162 valence electrons. The fourth-order valence-electron chi connectivity index (χ4n) is 2.50. The molecule has 0 saturated carbocycles. The van der Waals surface area contributed by atoms with E-state index in [1.54, 1.807) is 9.80 Å². The number of carbonyl (C=O) groups excluding carboxylic acids is 2. The number of aliphatic hydroxyl groups excluding tert-OH is 2. The van der Waals surface area contributed by atoms with Gasteiger partial charge in [-0.2, -0.15) is 0 Å². The van der Waals surface area contributed by atoms with E-state index in [4.69, 9.17) is 31.9 Å². The van der Waals surface area contributed by atoms with Gasteiger partial charge >= 0.3 is 24.0 Å². The van der Waals surface area contributed by atoms with Gasteiger partial charge in [-0.25, -0.2) is 19.2 Å². The number of nitrogens with zero attached hydrogens (tertiary/aromatic N) is 2. The van der Waals surface area contributed by atoms with E-state index in [0.29, 0.717) is 0 Å². The summed E-state index contributed by atoms with van der Waals surface area (Å²) < 4.78 is 0. The Bertz CT molecular complexity index is 473. The second-order valence-corrected chi connectivity index (χ2v) is 6.34. The van der Waals surface area contributed by atoms with Crippen LogP contribution in [0.1, 0.15) is 38.5 Å². The van der Waals surface area contributed by atoms with E-state index in [9.17, 15) is 19.2 Å². The van der Waals surface area contributed by atoms with Gasteiger partial charge in [0.1, 0.15) is 0 Å². The van der Waals surface area contributed by atoms with Gasteiger partial charge in [-0.1, -0.05) is 0 Å². The van der Waals surface area contributed by atoms with E-state index in [1.165, 1.54) is 12.8 Å². The van der Waals surface area contributed by atoms with Crippen molar-refractivity contribution in [1.29, 1.82) is 0 Å². The summed E-state index contributed by atoms with van der Waals surface area (Å²) in [5, 5.41) is 32.5. The van der Waals surface area contributed by atoms with E-state index in [2.05, 4.69) is 0 Å². The molecule has 0 aromatic rings. The van der Waals surface area contributed by atoms with Crippen molar-refractivity contribution in [3.05, 3.63) is 0 Å². The maximum absolute atomic E-state index is 10.5. The zero-order valence-electron chi connectivity index (χ0n) is 15.7. The van der Waals surface area contributed by atoms with Crippen molar-refractivity contribution >= 4 is 24.0 Å². The number of aliphatic carboxylic acids is 2. The molecule has 2 unspecified atom stereocenters. The topological polar surface area (TPSA) is 208 Å². The molecule has 2 fully saturated rings. The number of hydrogen-bond donors (Lipinski definition) is 6. The fraction of sp³-hybridized carbons (Fsp3) is 0.750. The lowest BCUT2D eigenvalue weighted by Crippen LogP contribution is -2.39. The Morgan fingerprint density at radius 3 is 1.00 bits per heavy atom. The average Bonchev–Trinajstić information content (AvgIpc) is 2.69. The van der Waals surface area contributed by atoms with Crippen LogP contribution in [-0.4, -0.2) is 92.6 Å². The predicted molar refractivity (Wildman–Crippen MR) is 97.3 cm³/mol. The first-order valence-electron chi connectivity index (χ1n) is 8.98. The van der Waals surface area contributed by atoms with E-state index >= 15 is 0 Å². The Balaban J connectivity index is 0.000000391. The average molecular weight is 406 g/mol. The molecule has 2 aliphatic rings. The van der Waals surface area contributed by atoms with E-state index in [0.717, 1.165) is 51.9 Å². The number of carbonyl (C=O) groups is 4.